The third-order valence-electron chi connectivity index (χ3n) is 2.18. The lowest BCUT2D eigenvalue weighted by Gasteiger charge is -2.12. The molecule has 0 radical (unpaired) electrons. The fourth-order valence-corrected chi connectivity index (χ4v) is 2.80. The molecule has 1 heterocycles. The third kappa shape index (κ3) is 4.74. The Morgan fingerprint density at radius 1 is 1.27 bits per heavy atom. The molecule has 1 rings (SSSR count). The Kier molecular flexibility index (Phi) is 4.71. The van der Waals surface area contributed by atoms with Crippen molar-refractivity contribution < 1.29 is 0 Å². The van der Waals surface area contributed by atoms with Gasteiger partial charge in [0.15, 0.2) is 0 Å². The van der Waals surface area contributed by atoms with E-state index >= 15 is 0 Å². The lowest BCUT2D eigenvalue weighted by Crippen LogP contribution is -2.09. The van der Waals surface area contributed by atoms with Crippen molar-refractivity contribution >= 4 is 15.9 Å². The van der Waals surface area contributed by atoms with E-state index in [0.29, 0.717) is 4.83 Å². The number of halogens is 1. The van der Waals surface area contributed by atoms with E-state index in [0.717, 1.165) is 29.6 Å². The van der Waals surface area contributed by atoms with E-state index in [4.69, 9.17) is 0 Å². The van der Waals surface area contributed by atoms with E-state index in [2.05, 4.69) is 45.8 Å². The minimum atomic E-state index is 0.520. The maximum Gasteiger partial charge on any atom is 0.125 e. The first-order valence-corrected chi connectivity index (χ1v) is 6.34. The Morgan fingerprint density at radius 2 is 1.93 bits per heavy atom. The lowest BCUT2D eigenvalue weighted by atomic mass is 10.0. The molecule has 0 aliphatic carbocycles. The Hall–Kier alpha value is -0.440. The molecular formula is C12H19BrN2. The zero-order chi connectivity index (χ0) is 11.4. The number of aromatic nitrogens is 2. The summed E-state index contributed by atoms with van der Waals surface area (Å²) < 4.78 is 0. The summed E-state index contributed by atoms with van der Waals surface area (Å²) in [6.07, 6.45) is 2.17. The number of rotatable bonds is 4. The van der Waals surface area contributed by atoms with E-state index in [1.54, 1.807) is 0 Å². The van der Waals surface area contributed by atoms with E-state index in [-0.39, 0.29) is 0 Å². The largest absolute Gasteiger partial charge is 0.239 e. The Labute approximate surface area is 101 Å². The Bertz CT molecular complexity index is 303. The van der Waals surface area contributed by atoms with Crippen LogP contribution in [0, 0.1) is 19.8 Å². The number of nitrogens with zero attached hydrogens (tertiary/aromatic N) is 2. The molecule has 1 aromatic heterocycles. The van der Waals surface area contributed by atoms with Gasteiger partial charge in [-0.05, 0) is 32.3 Å². The van der Waals surface area contributed by atoms with Crippen LogP contribution < -0.4 is 0 Å². The SMILES string of the molecule is Cc1cc(CC(Br)CC(C)C)nc(C)n1. The van der Waals surface area contributed by atoms with Gasteiger partial charge < -0.3 is 0 Å². The number of hydrogen-bond acceptors (Lipinski definition) is 2. The second-order valence-corrected chi connectivity index (χ2v) is 5.77. The van der Waals surface area contributed by atoms with Gasteiger partial charge in [0.05, 0.1) is 0 Å². The average Bonchev–Trinajstić information content (AvgIpc) is 1.98. The first-order chi connectivity index (χ1) is 6.97. The number of hydrogen-bond donors (Lipinski definition) is 0. The van der Waals surface area contributed by atoms with Gasteiger partial charge in [0.1, 0.15) is 5.82 Å². The van der Waals surface area contributed by atoms with E-state index < -0.39 is 0 Å². The molecule has 0 aliphatic rings. The predicted octanol–water partition coefficient (Wildman–Crippen LogP) is 3.45. The molecule has 0 saturated carbocycles. The quantitative estimate of drug-likeness (QED) is 0.784. The molecule has 1 aromatic rings. The van der Waals surface area contributed by atoms with Crippen LogP contribution in [-0.2, 0) is 6.42 Å². The second kappa shape index (κ2) is 5.59. The van der Waals surface area contributed by atoms with Crippen LogP contribution in [0.2, 0.25) is 0 Å². The predicted molar refractivity (Wildman–Crippen MR) is 67.4 cm³/mol. The standard InChI is InChI=1S/C12H19BrN2/c1-8(2)5-11(13)7-12-6-9(3)14-10(4)15-12/h6,8,11H,5,7H2,1-4H3. The average molecular weight is 271 g/mol. The molecule has 0 spiro atoms. The molecule has 15 heavy (non-hydrogen) atoms. The minimum Gasteiger partial charge on any atom is -0.239 e. The van der Waals surface area contributed by atoms with Gasteiger partial charge in [0, 0.05) is 22.6 Å². The van der Waals surface area contributed by atoms with Gasteiger partial charge in [-0.15, -0.1) is 0 Å². The van der Waals surface area contributed by atoms with E-state index in [1.165, 1.54) is 6.42 Å². The highest BCUT2D eigenvalue weighted by Crippen LogP contribution is 2.17. The first-order valence-electron chi connectivity index (χ1n) is 5.42. The number of aryl methyl sites for hydroxylation is 2. The van der Waals surface area contributed by atoms with Crippen molar-refractivity contribution in [1.82, 2.24) is 9.97 Å². The van der Waals surface area contributed by atoms with Crippen LogP contribution in [0.1, 0.15) is 37.5 Å². The molecule has 0 aliphatic heterocycles. The monoisotopic (exact) mass is 270 g/mol. The summed E-state index contributed by atoms with van der Waals surface area (Å²) in [5, 5.41) is 0. The van der Waals surface area contributed by atoms with E-state index in [9.17, 15) is 0 Å². The van der Waals surface area contributed by atoms with Crippen molar-refractivity contribution in [3.63, 3.8) is 0 Å². The maximum atomic E-state index is 4.44. The van der Waals surface area contributed by atoms with Crippen molar-refractivity contribution in [1.29, 1.82) is 0 Å². The topological polar surface area (TPSA) is 25.8 Å². The van der Waals surface area contributed by atoms with Gasteiger partial charge in [0.2, 0.25) is 0 Å². The van der Waals surface area contributed by atoms with Gasteiger partial charge in [-0.3, -0.25) is 0 Å². The van der Waals surface area contributed by atoms with Crippen molar-refractivity contribution in [3.05, 3.63) is 23.3 Å². The zero-order valence-corrected chi connectivity index (χ0v) is 11.5. The highest BCUT2D eigenvalue weighted by molar-refractivity contribution is 9.09. The second-order valence-electron chi connectivity index (χ2n) is 4.48. The fourth-order valence-electron chi connectivity index (χ4n) is 1.72. The normalized spacial score (nSPS) is 13.2. The molecule has 0 aromatic carbocycles. The highest BCUT2D eigenvalue weighted by atomic mass is 79.9. The van der Waals surface area contributed by atoms with Crippen LogP contribution in [0.15, 0.2) is 6.07 Å². The molecular weight excluding hydrogens is 252 g/mol. The third-order valence-corrected chi connectivity index (χ3v) is 2.87. The van der Waals surface area contributed by atoms with Crippen molar-refractivity contribution in [2.75, 3.05) is 0 Å². The van der Waals surface area contributed by atoms with Crippen molar-refractivity contribution in [3.8, 4) is 0 Å². The van der Waals surface area contributed by atoms with Gasteiger partial charge in [-0.25, -0.2) is 9.97 Å². The van der Waals surface area contributed by atoms with Crippen molar-refractivity contribution in [2.24, 2.45) is 5.92 Å². The molecule has 0 bridgehead atoms. The number of alkyl halides is 1. The molecule has 1 atom stereocenters. The van der Waals surface area contributed by atoms with Crippen LogP contribution in [0.25, 0.3) is 0 Å². The van der Waals surface area contributed by atoms with Gasteiger partial charge in [-0.1, -0.05) is 29.8 Å². The molecule has 0 fully saturated rings. The molecule has 3 heteroatoms. The zero-order valence-electron chi connectivity index (χ0n) is 9.92. The van der Waals surface area contributed by atoms with Crippen molar-refractivity contribution in [2.45, 2.75) is 45.4 Å². The van der Waals surface area contributed by atoms with E-state index in [1.807, 2.05) is 13.8 Å². The highest BCUT2D eigenvalue weighted by Gasteiger charge is 2.09. The minimum absolute atomic E-state index is 0.520. The van der Waals surface area contributed by atoms with Gasteiger partial charge in [-0.2, -0.15) is 0 Å². The summed E-state index contributed by atoms with van der Waals surface area (Å²) in [6.45, 7) is 8.45. The van der Waals surface area contributed by atoms with Crippen LogP contribution in [0.4, 0.5) is 0 Å². The molecule has 0 amide bonds. The maximum absolute atomic E-state index is 4.44. The lowest BCUT2D eigenvalue weighted by molar-refractivity contribution is 0.567. The fraction of sp³-hybridized carbons (Fsp3) is 0.667. The van der Waals surface area contributed by atoms with Crippen LogP contribution in [0.3, 0.4) is 0 Å². The van der Waals surface area contributed by atoms with Crippen LogP contribution >= 0.6 is 15.9 Å². The summed E-state index contributed by atoms with van der Waals surface area (Å²) in [7, 11) is 0. The molecule has 1 unspecified atom stereocenters. The summed E-state index contributed by atoms with van der Waals surface area (Å²) in [5.41, 5.74) is 2.20. The summed E-state index contributed by atoms with van der Waals surface area (Å²) in [5.74, 6) is 1.59. The van der Waals surface area contributed by atoms with Gasteiger partial charge in [0.25, 0.3) is 0 Å². The summed E-state index contributed by atoms with van der Waals surface area (Å²) in [4.78, 5) is 9.24. The molecule has 2 nitrogen and oxygen atoms in total. The molecule has 0 saturated heterocycles. The molecule has 0 N–H and O–H groups in total. The van der Waals surface area contributed by atoms with Crippen LogP contribution in [0.5, 0.6) is 0 Å². The Morgan fingerprint density at radius 3 is 2.47 bits per heavy atom. The smallest absolute Gasteiger partial charge is 0.125 e. The summed E-state index contributed by atoms with van der Waals surface area (Å²) in [6, 6.07) is 2.07. The molecule has 84 valence electrons. The Balaban J connectivity index is 2.63. The van der Waals surface area contributed by atoms with Gasteiger partial charge >= 0.3 is 0 Å². The summed E-state index contributed by atoms with van der Waals surface area (Å²) >= 11 is 3.70. The first kappa shape index (κ1) is 12.6. The van der Waals surface area contributed by atoms with Crippen LogP contribution in [-0.4, -0.2) is 14.8 Å².